The first kappa shape index (κ1) is 24.9. The van der Waals surface area contributed by atoms with Crippen molar-refractivity contribution in [1.82, 2.24) is 4.98 Å². The zero-order valence-electron chi connectivity index (χ0n) is 17.7. The Kier molecular flexibility index (Phi) is 13.5. The molecule has 0 bridgehead atoms. The topological polar surface area (TPSA) is 39.2 Å². The molecule has 0 aliphatic rings. The van der Waals surface area contributed by atoms with Crippen LogP contribution in [0.25, 0.3) is 5.57 Å². The van der Waals surface area contributed by atoms with E-state index in [1.54, 1.807) is 30.5 Å². The first-order valence-electron chi connectivity index (χ1n) is 10.3. The summed E-state index contributed by atoms with van der Waals surface area (Å²) in [5, 5.41) is 0.567. The van der Waals surface area contributed by atoms with E-state index in [9.17, 15) is 4.79 Å². The molecule has 0 saturated heterocycles. The smallest absolute Gasteiger partial charge is 0.181 e. The Balaban J connectivity index is 2.49. The second-order valence-electron chi connectivity index (χ2n) is 6.73. The summed E-state index contributed by atoms with van der Waals surface area (Å²) < 4.78 is 5.50. The second kappa shape index (κ2) is 15.7. The summed E-state index contributed by atoms with van der Waals surface area (Å²) in [4.78, 5) is 16.7. The molecule has 0 amide bonds. The fourth-order valence-electron chi connectivity index (χ4n) is 2.58. The number of hydrogen-bond acceptors (Lipinski definition) is 3. The summed E-state index contributed by atoms with van der Waals surface area (Å²) in [6.07, 6.45) is 13.7. The van der Waals surface area contributed by atoms with Crippen LogP contribution in [-0.2, 0) is 9.53 Å². The molecule has 29 heavy (non-hydrogen) atoms. The minimum atomic E-state index is -0.0177. The van der Waals surface area contributed by atoms with Gasteiger partial charge in [0.15, 0.2) is 5.78 Å². The van der Waals surface area contributed by atoms with E-state index in [0.717, 1.165) is 31.4 Å². The molecule has 0 atom stereocenters. The second-order valence-corrected chi connectivity index (χ2v) is 7.17. The Hall–Kier alpha value is -2.15. The number of unbranched alkanes of at least 4 members (excludes halogenated alkanes) is 3. The van der Waals surface area contributed by atoms with Gasteiger partial charge < -0.3 is 4.74 Å². The first-order valence-corrected chi connectivity index (χ1v) is 10.7. The molecule has 0 aliphatic carbocycles. The lowest BCUT2D eigenvalue weighted by molar-refractivity contribution is -0.111. The average Bonchev–Trinajstić information content (AvgIpc) is 2.72. The molecule has 0 fully saturated rings. The van der Waals surface area contributed by atoms with E-state index in [4.69, 9.17) is 16.3 Å². The van der Waals surface area contributed by atoms with Gasteiger partial charge in [-0.1, -0.05) is 75.6 Å². The normalized spacial score (nSPS) is 11.3. The Morgan fingerprint density at radius 3 is 2.69 bits per heavy atom. The van der Waals surface area contributed by atoms with Gasteiger partial charge in [0.05, 0.1) is 10.7 Å². The molecule has 1 rings (SSSR count). The Bertz CT molecular complexity index is 751. The summed E-state index contributed by atoms with van der Waals surface area (Å²) in [5.41, 5.74) is 2.14. The molecular weight excluding hydrogens is 382 g/mol. The molecule has 3 nitrogen and oxygen atoms in total. The largest absolute Gasteiger partial charge is 0.369 e. The van der Waals surface area contributed by atoms with Gasteiger partial charge in [-0.3, -0.25) is 9.78 Å². The lowest BCUT2D eigenvalue weighted by Gasteiger charge is -2.02. The molecule has 0 aromatic carbocycles. The molecule has 1 aromatic heterocycles. The molecule has 4 heteroatoms. The van der Waals surface area contributed by atoms with Gasteiger partial charge in [0, 0.05) is 19.2 Å². The number of allylic oxidation sites excluding steroid dienone is 5. The van der Waals surface area contributed by atoms with Crippen molar-refractivity contribution in [2.75, 3.05) is 13.2 Å². The molecule has 0 N–H and O–H groups in total. The fourth-order valence-corrected chi connectivity index (χ4v) is 2.69. The number of carbonyl (C=O) groups is 1. The van der Waals surface area contributed by atoms with Gasteiger partial charge in [-0.2, -0.15) is 0 Å². The summed E-state index contributed by atoms with van der Waals surface area (Å²) in [6, 6.07) is 3.53. The van der Waals surface area contributed by atoms with E-state index < -0.39 is 0 Å². The number of halogens is 1. The molecule has 156 valence electrons. The van der Waals surface area contributed by atoms with Crippen molar-refractivity contribution in [1.29, 1.82) is 0 Å². The molecule has 0 aliphatic heterocycles. The molecule has 0 saturated carbocycles. The number of pyridine rings is 1. The third-order valence-electron chi connectivity index (χ3n) is 4.22. The van der Waals surface area contributed by atoms with Crippen molar-refractivity contribution >= 4 is 23.0 Å². The van der Waals surface area contributed by atoms with Crippen LogP contribution in [0.5, 0.6) is 0 Å². The van der Waals surface area contributed by atoms with Crippen LogP contribution >= 0.6 is 11.6 Å². The number of ether oxygens (including phenoxy) is 1. The van der Waals surface area contributed by atoms with Crippen molar-refractivity contribution in [3.05, 3.63) is 59.4 Å². The van der Waals surface area contributed by atoms with E-state index >= 15 is 0 Å². The molecule has 1 heterocycles. The number of hydrogen-bond donors (Lipinski definition) is 0. The standard InChI is InChI=1S/C25H32ClNO2/c1-4-6-7-10-18-29-19-11-8-9-13-22(12-5-2)25(28)17-14-21(3)24-16-15-23(26)20-27-24/h13-17,20H,3-7,9-10,12,18-19H2,1-2H3/b17-14-,22-13-. The van der Waals surface area contributed by atoms with Gasteiger partial charge in [0.25, 0.3) is 0 Å². The lowest BCUT2D eigenvalue weighted by Crippen LogP contribution is -1.99. The average molecular weight is 414 g/mol. The van der Waals surface area contributed by atoms with Gasteiger partial charge in [0.1, 0.15) is 6.61 Å². The SMILES string of the molecule is C=C(/C=C\C(=O)/C(=C\CC#CCOCCCCCC)CCC)c1ccc(Cl)cn1. The van der Waals surface area contributed by atoms with Crippen LogP contribution in [0, 0.1) is 11.8 Å². The van der Waals surface area contributed by atoms with Crippen molar-refractivity contribution in [3.8, 4) is 11.8 Å². The highest BCUT2D eigenvalue weighted by Gasteiger charge is 2.05. The van der Waals surface area contributed by atoms with E-state index in [2.05, 4.69) is 37.3 Å². The minimum absolute atomic E-state index is 0.0177. The summed E-state index contributed by atoms with van der Waals surface area (Å²) in [7, 11) is 0. The van der Waals surface area contributed by atoms with Crippen LogP contribution in [0.4, 0.5) is 0 Å². The number of rotatable bonds is 13. The zero-order chi connectivity index (χ0) is 21.3. The van der Waals surface area contributed by atoms with E-state index in [1.807, 2.05) is 6.08 Å². The third-order valence-corrected chi connectivity index (χ3v) is 4.44. The van der Waals surface area contributed by atoms with Gasteiger partial charge >= 0.3 is 0 Å². The number of aromatic nitrogens is 1. The van der Waals surface area contributed by atoms with Crippen LogP contribution in [0.2, 0.25) is 5.02 Å². The highest BCUT2D eigenvalue weighted by molar-refractivity contribution is 6.30. The molecule has 1 aromatic rings. The quantitative estimate of drug-likeness (QED) is 0.158. The van der Waals surface area contributed by atoms with Crippen molar-refractivity contribution in [2.24, 2.45) is 0 Å². The lowest BCUT2D eigenvalue weighted by atomic mass is 10.0. The minimum Gasteiger partial charge on any atom is -0.369 e. The number of ketones is 1. The monoisotopic (exact) mass is 413 g/mol. The Morgan fingerprint density at radius 1 is 1.17 bits per heavy atom. The molecule has 0 spiro atoms. The predicted octanol–water partition coefficient (Wildman–Crippen LogP) is 6.59. The Labute approximate surface area is 180 Å². The number of carbonyl (C=O) groups excluding carboxylic acids is 1. The maximum atomic E-state index is 12.5. The van der Waals surface area contributed by atoms with E-state index in [-0.39, 0.29) is 5.78 Å². The highest BCUT2D eigenvalue weighted by atomic mass is 35.5. The van der Waals surface area contributed by atoms with Crippen molar-refractivity contribution in [3.63, 3.8) is 0 Å². The third kappa shape index (κ3) is 11.4. The van der Waals surface area contributed by atoms with E-state index in [0.29, 0.717) is 29.3 Å². The summed E-state index contributed by atoms with van der Waals surface area (Å²) in [5.74, 6) is 6.05. The van der Waals surface area contributed by atoms with Crippen LogP contribution < -0.4 is 0 Å². The van der Waals surface area contributed by atoms with Crippen molar-refractivity contribution in [2.45, 2.75) is 58.8 Å². The maximum absolute atomic E-state index is 12.5. The van der Waals surface area contributed by atoms with Gasteiger partial charge in [-0.25, -0.2) is 0 Å². The molecular formula is C25H32ClNO2. The first-order chi connectivity index (χ1) is 14.1. The van der Waals surface area contributed by atoms with Crippen molar-refractivity contribution < 1.29 is 9.53 Å². The van der Waals surface area contributed by atoms with Crippen LogP contribution in [0.15, 0.2) is 48.7 Å². The fraction of sp³-hybridized carbons (Fsp3) is 0.440. The van der Waals surface area contributed by atoms with Crippen LogP contribution in [0.3, 0.4) is 0 Å². The summed E-state index contributed by atoms with van der Waals surface area (Å²) in [6.45, 7) is 9.42. The molecule has 0 radical (unpaired) electrons. The van der Waals surface area contributed by atoms with Crippen LogP contribution in [0.1, 0.15) is 64.5 Å². The number of nitrogens with zero attached hydrogens (tertiary/aromatic N) is 1. The highest BCUT2D eigenvalue weighted by Crippen LogP contribution is 2.15. The Morgan fingerprint density at radius 2 is 2.00 bits per heavy atom. The molecule has 0 unspecified atom stereocenters. The van der Waals surface area contributed by atoms with Gasteiger partial charge in [0.2, 0.25) is 0 Å². The van der Waals surface area contributed by atoms with Gasteiger partial charge in [-0.15, -0.1) is 0 Å². The van der Waals surface area contributed by atoms with E-state index in [1.165, 1.54) is 19.3 Å². The maximum Gasteiger partial charge on any atom is 0.181 e. The van der Waals surface area contributed by atoms with Gasteiger partial charge in [-0.05, 0) is 48.3 Å². The predicted molar refractivity (Wildman–Crippen MR) is 123 cm³/mol. The zero-order valence-corrected chi connectivity index (χ0v) is 18.4. The van der Waals surface area contributed by atoms with Crippen LogP contribution in [-0.4, -0.2) is 24.0 Å². The summed E-state index contributed by atoms with van der Waals surface area (Å²) >= 11 is 5.84.